The van der Waals surface area contributed by atoms with Gasteiger partial charge >= 0.3 is 0 Å². The van der Waals surface area contributed by atoms with Crippen molar-refractivity contribution in [3.05, 3.63) is 0 Å². The van der Waals surface area contributed by atoms with Gasteiger partial charge in [0.1, 0.15) is 0 Å². The summed E-state index contributed by atoms with van der Waals surface area (Å²) < 4.78 is 0. The molecule has 0 rings (SSSR count). The highest BCUT2D eigenvalue weighted by Crippen LogP contribution is 1.97. The molecule has 2 heteroatoms. The molecule has 0 aromatic rings. The number of hydrogen-bond acceptors (Lipinski definition) is 2. The Morgan fingerprint density at radius 3 is 2.22 bits per heavy atom. The maximum Gasteiger partial charge on any atom is 0.0473 e. The Hall–Kier alpha value is 0.310. The highest BCUT2D eigenvalue weighted by Gasteiger charge is 1.94. The second-order valence-electron chi connectivity index (χ2n) is 2.81. The highest BCUT2D eigenvalue weighted by molar-refractivity contribution is 7.80. The van der Waals surface area contributed by atoms with Crippen molar-refractivity contribution in [3.8, 4) is 0 Å². The highest BCUT2D eigenvalue weighted by atomic mass is 32.1. The van der Waals surface area contributed by atoms with Crippen molar-refractivity contribution in [2.45, 2.75) is 32.6 Å². The van der Waals surface area contributed by atoms with Gasteiger partial charge in [0, 0.05) is 5.37 Å². The van der Waals surface area contributed by atoms with Crippen molar-refractivity contribution in [3.63, 3.8) is 0 Å². The minimum atomic E-state index is 0.337. The van der Waals surface area contributed by atoms with Crippen molar-refractivity contribution in [2.75, 3.05) is 6.54 Å². The van der Waals surface area contributed by atoms with Crippen LogP contribution in [0.1, 0.15) is 27.2 Å². The largest absolute Gasteiger partial charge is 0.306 e. The topological polar surface area (TPSA) is 12.0 Å². The van der Waals surface area contributed by atoms with Crippen LogP contribution in [0, 0.1) is 5.92 Å². The van der Waals surface area contributed by atoms with E-state index in [0.29, 0.717) is 5.37 Å². The lowest BCUT2D eigenvalue weighted by Crippen LogP contribution is -2.22. The van der Waals surface area contributed by atoms with Crippen LogP contribution in [0.2, 0.25) is 0 Å². The lowest BCUT2D eigenvalue weighted by atomic mass is 10.1. The summed E-state index contributed by atoms with van der Waals surface area (Å²) in [5.74, 6) is 0.796. The van der Waals surface area contributed by atoms with Crippen molar-refractivity contribution in [2.24, 2.45) is 5.92 Å². The molecule has 1 N–H and O–H groups in total. The maximum atomic E-state index is 4.19. The number of rotatable bonds is 4. The lowest BCUT2D eigenvalue weighted by Gasteiger charge is -2.08. The van der Waals surface area contributed by atoms with Crippen LogP contribution < -0.4 is 5.32 Å². The Balaban J connectivity index is 2.91. The third-order valence-corrected chi connectivity index (χ3v) is 1.34. The Kier molecular flexibility index (Phi) is 5.30. The monoisotopic (exact) mass is 147 g/mol. The van der Waals surface area contributed by atoms with E-state index in [1.54, 1.807) is 0 Å². The van der Waals surface area contributed by atoms with Crippen LogP contribution in [0.5, 0.6) is 0 Å². The molecule has 0 saturated heterocycles. The van der Waals surface area contributed by atoms with E-state index in [2.05, 4.69) is 31.8 Å². The van der Waals surface area contributed by atoms with Crippen LogP contribution in [-0.4, -0.2) is 11.9 Å². The van der Waals surface area contributed by atoms with Gasteiger partial charge in [-0.15, -0.1) is 0 Å². The number of thiol groups is 1. The van der Waals surface area contributed by atoms with E-state index in [4.69, 9.17) is 0 Å². The maximum absolute atomic E-state index is 4.19. The molecule has 0 heterocycles. The molecule has 0 aromatic heterocycles. The van der Waals surface area contributed by atoms with E-state index >= 15 is 0 Å². The molecular formula is C7H17NS. The fourth-order valence-electron chi connectivity index (χ4n) is 0.581. The van der Waals surface area contributed by atoms with Crippen LogP contribution in [0.15, 0.2) is 0 Å². The van der Waals surface area contributed by atoms with E-state index in [-0.39, 0.29) is 0 Å². The van der Waals surface area contributed by atoms with E-state index in [0.717, 1.165) is 12.5 Å². The van der Waals surface area contributed by atoms with E-state index in [1.165, 1.54) is 6.42 Å². The molecule has 0 aliphatic rings. The normalized spacial score (nSPS) is 14.3. The first-order valence-electron chi connectivity index (χ1n) is 3.54. The lowest BCUT2D eigenvalue weighted by molar-refractivity contribution is 0.538. The van der Waals surface area contributed by atoms with Gasteiger partial charge in [-0.1, -0.05) is 13.8 Å². The average Bonchev–Trinajstić information content (AvgIpc) is 1.63. The Bertz CT molecular complexity index is 53.9. The standard InChI is InChI=1S/C7H17NS/c1-6(2)4-5-8-7(3)9/h6-9H,4-5H2,1-3H3. The third-order valence-electron chi connectivity index (χ3n) is 1.16. The van der Waals surface area contributed by atoms with Gasteiger partial charge in [-0.05, 0) is 25.8 Å². The molecule has 0 fully saturated rings. The minimum absolute atomic E-state index is 0.337. The molecule has 0 spiro atoms. The summed E-state index contributed by atoms with van der Waals surface area (Å²) >= 11 is 4.19. The van der Waals surface area contributed by atoms with Gasteiger partial charge in [0.05, 0.1) is 0 Å². The van der Waals surface area contributed by atoms with Gasteiger partial charge in [-0.25, -0.2) is 0 Å². The van der Waals surface area contributed by atoms with Gasteiger partial charge in [-0.3, -0.25) is 0 Å². The van der Waals surface area contributed by atoms with Crippen molar-refractivity contribution in [1.82, 2.24) is 5.32 Å². The summed E-state index contributed by atoms with van der Waals surface area (Å²) in [7, 11) is 0. The molecule has 0 radical (unpaired) electrons. The second-order valence-corrected chi connectivity index (χ2v) is 3.59. The Morgan fingerprint density at radius 1 is 1.33 bits per heavy atom. The average molecular weight is 147 g/mol. The minimum Gasteiger partial charge on any atom is -0.306 e. The van der Waals surface area contributed by atoms with E-state index in [9.17, 15) is 0 Å². The van der Waals surface area contributed by atoms with Gasteiger partial charge in [0.2, 0.25) is 0 Å². The van der Waals surface area contributed by atoms with Gasteiger partial charge in [0.15, 0.2) is 0 Å². The Morgan fingerprint density at radius 2 is 1.89 bits per heavy atom. The quantitative estimate of drug-likeness (QED) is 0.457. The summed E-state index contributed by atoms with van der Waals surface area (Å²) in [6.45, 7) is 7.58. The summed E-state index contributed by atoms with van der Waals surface area (Å²) in [6, 6.07) is 0. The summed E-state index contributed by atoms with van der Waals surface area (Å²) in [6.07, 6.45) is 1.24. The first-order valence-corrected chi connectivity index (χ1v) is 4.06. The van der Waals surface area contributed by atoms with E-state index in [1.807, 2.05) is 6.92 Å². The summed E-state index contributed by atoms with van der Waals surface area (Å²) in [5.41, 5.74) is 0. The first-order chi connectivity index (χ1) is 4.13. The summed E-state index contributed by atoms with van der Waals surface area (Å²) in [5, 5.41) is 3.58. The molecular weight excluding hydrogens is 130 g/mol. The zero-order chi connectivity index (χ0) is 7.28. The van der Waals surface area contributed by atoms with Crippen LogP contribution in [0.3, 0.4) is 0 Å². The molecule has 1 atom stereocenters. The molecule has 0 aliphatic carbocycles. The molecule has 1 unspecified atom stereocenters. The van der Waals surface area contributed by atoms with Crippen LogP contribution in [0.4, 0.5) is 0 Å². The zero-order valence-corrected chi connectivity index (χ0v) is 7.41. The van der Waals surface area contributed by atoms with Crippen LogP contribution in [0.25, 0.3) is 0 Å². The van der Waals surface area contributed by atoms with Crippen LogP contribution in [-0.2, 0) is 0 Å². The molecule has 56 valence electrons. The second kappa shape index (κ2) is 5.12. The van der Waals surface area contributed by atoms with Crippen molar-refractivity contribution >= 4 is 12.6 Å². The molecule has 0 amide bonds. The molecule has 0 bridgehead atoms. The molecule has 0 saturated carbocycles. The van der Waals surface area contributed by atoms with Gasteiger partial charge in [0.25, 0.3) is 0 Å². The number of nitrogens with one attached hydrogen (secondary N) is 1. The zero-order valence-electron chi connectivity index (χ0n) is 6.52. The number of hydrogen-bond donors (Lipinski definition) is 2. The molecule has 9 heavy (non-hydrogen) atoms. The smallest absolute Gasteiger partial charge is 0.0473 e. The predicted molar refractivity (Wildman–Crippen MR) is 45.9 cm³/mol. The molecule has 0 aliphatic heterocycles. The van der Waals surface area contributed by atoms with Gasteiger partial charge in [-0.2, -0.15) is 12.6 Å². The molecule has 1 nitrogen and oxygen atoms in total. The third kappa shape index (κ3) is 8.31. The summed E-state index contributed by atoms with van der Waals surface area (Å²) in [4.78, 5) is 0. The SMILES string of the molecule is CC(C)CCNC(C)S. The van der Waals surface area contributed by atoms with E-state index < -0.39 is 0 Å². The predicted octanol–water partition coefficient (Wildman–Crippen LogP) is 1.90. The Labute approximate surface area is 63.6 Å². The van der Waals surface area contributed by atoms with Crippen molar-refractivity contribution < 1.29 is 0 Å². The fourth-order valence-corrected chi connectivity index (χ4v) is 0.710. The first kappa shape index (κ1) is 9.31. The van der Waals surface area contributed by atoms with Crippen LogP contribution >= 0.6 is 12.6 Å². The molecule has 0 aromatic carbocycles. The van der Waals surface area contributed by atoms with Gasteiger partial charge < -0.3 is 5.32 Å². The fraction of sp³-hybridized carbons (Fsp3) is 1.00. The van der Waals surface area contributed by atoms with Crippen molar-refractivity contribution in [1.29, 1.82) is 0 Å².